The topological polar surface area (TPSA) is 46.9 Å². The molecule has 1 aromatic heterocycles. The second-order valence-electron chi connectivity index (χ2n) is 7.05. The van der Waals surface area contributed by atoms with E-state index < -0.39 is 0 Å². The summed E-state index contributed by atoms with van der Waals surface area (Å²) in [4.78, 5) is 13.0. The van der Waals surface area contributed by atoms with Crippen molar-refractivity contribution >= 4 is 40.7 Å². The van der Waals surface area contributed by atoms with E-state index >= 15 is 0 Å². The lowest BCUT2D eigenvalue weighted by molar-refractivity contribution is 0.0946. The van der Waals surface area contributed by atoms with Gasteiger partial charge in [-0.2, -0.15) is 5.10 Å². The highest BCUT2D eigenvalue weighted by molar-refractivity contribution is 6.35. The van der Waals surface area contributed by atoms with Gasteiger partial charge in [-0.1, -0.05) is 40.9 Å². The predicted molar refractivity (Wildman–Crippen MR) is 126 cm³/mol. The van der Waals surface area contributed by atoms with Gasteiger partial charge in [0.2, 0.25) is 0 Å². The van der Waals surface area contributed by atoms with E-state index in [1.807, 2.05) is 6.07 Å². The van der Waals surface area contributed by atoms with E-state index in [0.29, 0.717) is 50.7 Å². The smallest absolute Gasteiger partial charge is 0.270 e. The standard InChI is InChI=1S/C24H17Cl3FN3O/c25-17-5-9-20(10-6-17)31-23(14-22(30-31)16-2-7-19(28)8-3-16)24(32)29-12-11-15-1-4-18(26)13-21(15)27/h1-10,13-14H,11-12H2,(H,29,32). The minimum absolute atomic E-state index is 0.300. The molecular weight excluding hydrogens is 472 g/mol. The third-order valence-corrected chi connectivity index (χ3v) is 5.69. The summed E-state index contributed by atoms with van der Waals surface area (Å²) in [7, 11) is 0. The second kappa shape index (κ2) is 9.74. The zero-order chi connectivity index (χ0) is 22.7. The van der Waals surface area contributed by atoms with E-state index in [4.69, 9.17) is 34.8 Å². The van der Waals surface area contributed by atoms with Gasteiger partial charge in [0.15, 0.2) is 0 Å². The van der Waals surface area contributed by atoms with Crippen LogP contribution < -0.4 is 5.32 Å². The molecule has 4 rings (SSSR count). The molecule has 0 saturated carbocycles. The van der Waals surface area contributed by atoms with Gasteiger partial charge in [-0.3, -0.25) is 4.79 Å². The number of aromatic nitrogens is 2. The largest absolute Gasteiger partial charge is 0.350 e. The van der Waals surface area contributed by atoms with Crippen molar-refractivity contribution in [3.05, 3.63) is 105 Å². The number of amides is 1. The van der Waals surface area contributed by atoms with Crippen LogP contribution in [0.15, 0.2) is 72.8 Å². The van der Waals surface area contributed by atoms with Crippen molar-refractivity contribution in [3.63, 3.8) is 0 Å². The minimum atomic E-state index is -0.343. The molecule has 4 nitrogen and oxygen atoms in total. The summed E-state index contributed by atoms with van der Waals surface area (Å²) in [6.45, 7) is 0.373. The van der Waals surface area contributed by atoms with Gasteiger partial charge in [-0.05, 0) is 78.7 Å². The molecule has 3 aromatic carbocycles. The fourth-order valence-electron chi connectivity index (χ4n) is 3.21. The zero-order valence-corrected chi connectivity index (χ0v) is 18.9. The van der Waals surface area contributed by atoms with Gasteiger partial charge >= 0.3 is 0 Å². The summed E-state index contributed by atoms with van der Waals surface area (Å²) in [6, 6.07) is 19.9. The Bertz CT molecular complexity index is 1250. The number of hydrogen-bond acceptors (Lipinski definition) is 2. The first-order valence-corrected chi connectivity index (χ1v) is 10.9. The first-order chi connectivity index (χ1) is 15.4. The first-order valence-electron chi connectivity index (χ1n) is 9.75. The summed E-state index contributed by atoms with van der Waals surface area (Å²) in [5.41, 5.74) is 3.14. The van der Waals surface area contributed by atoms with Crippen molar-refractivity contribution < 1.29 is 9.18 Å². The van der Waals surface area contributed by atoms with Crippen LogP contribution in [0.25, 0.3) is 16.9 Å². The number of hydrogen-bond donors (Lipinski definition) is 1. The molecule has 1 amide bonds. The summed E-state index contributed by atoms with van der Waals surface area (Å²) in [6.07, 6.45) is 0.543. The first kappa shape index (κ1) is 22.3. The Morgan fingerprint density at radius 3 is 2.28 bits per heavy atom. The van der Waals surface area contributed by atoms with Crippen LogP contribution in [0.3, 0.4) is 0 Å². The van der Waals surface area contributed by atoms with Crippen LogP contribution >= 0.6 is 34.8 Å². The van der Waals surface area contributed by atoms with E-state index in [-0.39, 0.29) is 11.7 Å². The molecule has 0 fully saturated rings. The van der Waals surface area contributed by atoms with E-state index in [0.717, 1.165) is 5.56 Å². The Morgan fingerprint density at radius 2 is 1.59 bits per heavy atom. The molecule has 0 radical (unpaired) electrons. The Morgan fingerprint density at radius 1 is 0.906 bits per heavy atom. The molecule has 32 heavy (non-hydrogen) atoms. The fourth-order valence-corrected chi connectivity index (χ4v) is 3.84. The maximum atomic E-state index is 13.3. The highest BCUT2D eigenvalue weighted by Gasteiger charge is 2.18. The second-order valence-corrected chi connectivity index (χ2v) is 8.33. The maximum Gasteiger partial charge on any atom is 0.270 e. The number of halogens is 4. The molecule has 0 aliphatic carbocycles. The molecule has 0 unspecified atom stereocenters. The number of benzene rings is 3. The van der Waals surface area contributed by atoms with Crippen molar-refractivity contribution in [1.82, 2.24) is 15.1 Å². The van der Waals surface area contributed by atoms with Crippen LogP contribution in [-0.2, 0) is 6.42 Å². The van der Waals surface area contributed by atoms with Gasteiger partial charge in [0.25, 0.3) is 5.91 Å². The van der Waals surface area contributed by atoms with E-state index in [1.54, 1.807) is 59.3 Å². The lowest BCUT2D eigenvalue weighted by Gasteiger charge is -2.09. The van der Waals surface area contributed by atoms with Crippen molar-refractivity contribution in [3.8, 4) is 16.9 Å². The van der Waals surface area contributed by atoms with Gasteiger partial charge in [0.05, 0.1) is 11.4 Å². The van der Waals surface area contributed by atoms with Crippen LogP contribution in [0.4, 0.5) is 4.39 Å². The highest BCUT2D eigenvalue weighted by Crippen LogP contribution is 2.24. The van der Waals surface area contributed by atoms with Crippen LogP contribution in [-0.4, -0.2) is 22.2 Å². The average Bonchev–Trinajstić information content (AvgIpc) is 3.22. The Hall–Kier alpha value is -2.86. The zero-order valence-electron chi connectivity index (χ0n) is 16.7. The van der Waals surface area contributed by atoms with Crippen molar-refractivity contribution in [1.29, 1.82) is 0 Å². The molecule has 0 aliphatic heterocycles. The number of carbonyl (C=O) groups is 1. The monoisotopic (exact) mass is 487 g/mol. The quantitative estimate of drug-likeness (QED) is 0.332. The van der Waals surface area contributed by atoms with Crippen LogP contribution in [0.2, 0.25) is 15.1 Å². The SMILES string of the molecule is O=C(NCCc1ccc(Cl)cc1Cl)c1cc(-c2ccc(F)cc2)nn1-c1ccc(Cl)cc1. The van der Waals surface area contributed by atoms with Gasteiger partial charge < -0.3 is 5.32 Å². The Labute approximate surface area is 199 Å². The average molecular weight is 489 g/mol. The molecule has 0 atom stereocenters. The predicted octanol–water partition coefficient (Wildman–Crippen LogP) is 6.61. The molecule has 1 N–H and O–H groups in total. The lowest BCUT2D eigenvalue weighted by atomic mass is 10.1. The van der Waals surface area contributed by atoms with Crippen molar-refractivity contribution in [2.45, 2.75) is 6.42 Å². The molecule has 4 aromatic rings. The summed E-state index contributed by atoms with van der Waals surface area (Å²) >= 11 is 18.2. The van der Waals surface area contributed by atoms with E-state index in [1.165, 1.54) is 12.1 Å². The Kier molecular flexibility index (Phi) is 6.80. The van der Waals surface area contributed by atoms with Crippen LogP contribution in [0.5, 0.6) is 0 Å². The molecule has 8 heteroatoms. The maximum absolute atomic E-state index is 13.3. The molecule has 0 spiro atoms. The fraction of sp³-hybridized carbons (Fsp3) is 0.0833. The molecular formula is C24H17Cl3FN3O. The molecule has 162 valence electrons. The van der Waals surface area contributed by atoms with Gasteiger partial charge in [0, 0.05) is 27.2 Å². The molecule has 0 bridgehead atoms. The van der Waals surface area contributed by atoms with Gasteiger partial charge in [0.1, 0.15) is 11.5 Å². The number of nitrogens with zero attached hydrogens (tertiary/aromatic N) is 2. The molecule has 1 heterocycles. The highest BCUT2D eigenvalue weighted by atomic mass is 35.5. The number of carbonyl (C=O) groups excluding carboxylic acids is 1. The number of rotatable bonds is 6. The molecule has 0 aliphatic rings. The summed E-state index contributed by atoms with van der Waals surface area (Å²) < 4.78 is 14.9. The third-order valence-electron chi connectivity index (χ3n) is 4.85. The normalized spacial score (nSPS) is 10.9. The van der Waals surface area contributed by atoms with Gasteiger partial charge in [-0.15, -0.1) is 0 Å². The van der Waals surface area contributed by atoms with E-state index in [2.05, 4.69) is 10.4 Å². The minimum Gasteiger partial charge on any atom is -0.350 e. The van der Waals surface area contributed by atoms with Crippen LogP contribution in [0.1, 0.15) is 16.1 Å². The molecule has 0 saturated heterocycles. The third kappa shape index (κ3) is 5.13. The van der Waals surface area contributed by atoms with E-state index in [9.17, 15) is 9.18 Å². The van der Waals surface area contributed by atoms with Crippen LogP contribution in [0, 0.1) is 5.82 Å². The number of nitrogens with one attached hydrogen (secondary N) is 1. The van der Waals surface area contributed by atoms with Crippen molar-refractivity contribution in [2.75, 3.05) is 6.54 Å². The lowest BCUT2D eigenvalue weighted by Crippen LogP contribution is -2.27. The van der Waals surface area contributed by atoms with Crippen molar-refractivity contribution in [2.24, 2.45) is 0 Å². The Balaban J connectivity index is 1.59. The van der Waals surface area contributed by atoms with Gasteiger partial charge in [-0.25, -0.2) is 9.07 Å². The summed E-state index contributed by atoms with van der Waals surface area (Å²) in [5, 5.41) is 9.17. The summed E-state index contributed by atoms with van der Waals surface area (Å²) in [5.74, 6) is -0.643.